The molecular weight excluding hydrogens is 374 g/mol. The quantitative estimate of drug-likeness (QED) is 0.829. The molecule has 0 bridgehead atoms. The van der Waals surface area contributed by atoms with Crippen molar-refractivity contribution < 1.29 is 4.79 Å². The zero-order valence-electron chi connectivity index (χ0n) is 16.1. The maximum atomic E-state index is 12.5. The predicted molar refractivity (Wildman–Crippen MR) is 112 cm³/mol. The van der Waals surface area contributed by atoms with Gasteiger partial charge in [-0.15, -0.1) is 0 Å². The molecule has 1 saturated heterocycles. The second kappa shape index (κ2) is 8.37. The topological polar surface area (TPSA) is 60.5 Å². The van der Waals surface area contributed by atoms with E-state index in [2.05, 4.69) is 32.5 Å². The summed E-state index contributed by atoms with van der Waals surface area (Å²) in [5, 5.41) is 6.85. The number of urea groups is 1. The van der Waals surface area contributed by atoms with Gasteiger partial charge in [-0.1, -0.05) is 23.7 Å². The maximum Gasteiger partial charge on any atom is 0.315 e. The van der Waals surface area contributed by atoms with Crippen molar-refractivity contribution in [3.05, 3.63) is 58.2 Å². The molecule has 1 atom stereocenters. The van der Waals surface area contributed by atoms with Gasteiger partial charge in [-0.3, -0.25) is 0 Å². The molecule has 0 radical (unpaired) electrons. The van der Waals surface area contributed by atoms with Crippen LogP contribution >= 0.6 is 11.6 Å². The Bertz CT molecular complexity index is 850. The molecule has 6 nitrogen and oxygen atoms in total. The van der Waals surface area contributed by atoms with Gasteiger partial charge in [0, 0.05) is 49.5 Å². The summed E-state index contributed by atoms with van der Waals surface area (Å²) in [4.78, 5) is 21.7. The smallest absolute Gasteiger partial charge is 0.315 e. The Morgan fingerprint density at radius 2 is 2.07 bits per heavy atom. The van der Waals surface area contributed by atoms with Gasteiger partial charge in [0.05, 0.1) is 6.04 Å². The van der Waals surface area contributed by atoms with E-state index in [9.17, 15) is 4.79 Å². The average molecular weight is 400 g/mol. The van der Waals surface area contributed by atoms with E-state index in [4.69, 9.17) is 11.6 Å². The largest absolute Gasteiger partial charge is 0.354 e. The van der Waals surface area contributed by atoms with Crippen molar-refractivity contribution in [2.45, 2.75) is 25.4 Å². The Labute approximate surface area is 170 Å². The summed E-state index contributed by atoms with van der Waals surface area (Å²) in [5.41, 5.74) is 3.43. The number of rotatable bonds is 4. The summed E-state index contributed by atoms with van der Waals surface area (Å²) in [6.07, 6.45) is 3.66. The minimum atomic E-state index is -0.152. The van der Waals surface area contributed by atoms with Crippen LogP contribution in [0.3, 0.4) is 0 Å². The number of fused-ring (bicyclic) bond motifs is 1. The number of aryl methyl sites for hydroxylation is 1. The molecule has 1 fully saturated rings. The molecule has 7 heteroatoms. The summed E-state index contributed by atoms with van der Waals surface area (Å²) in [6, 6.07) is 9.74. The van der Waals surface area contributed by atoms with Crippen molar-refractivity contribution in [2.75, 3.05) is 38.1 Å². The van der Waals surface area contributed by atoms with Crippen molar-refractivity contribution in [1.29, 1.82) is 0 Å². The number of benzene rings is 1. The van der Waals surface area contributed by atoms with Crippen LogP contribution in [-0.2, 0) is 13.0 Å². The van der Waals surface area contributed by atoms with E-state index in [0.29, 0.717) is 6.54 Å². The highest BCUT2D eigenvalue weighted by Crippen LogP contribution is 2.32. The number of carbonyl (C=O) groups is 1. The third-order valence-corrected chi connectivity index (χ3v) is 5.83. The first-order chi connectivity index (χ1) is 13.6. The third kappa shape index (κ3) is 4.23. The van der Waals surface area contributed by atoms with Gasteiger partial charge in [0.1, 0.15) is 5.82 Å². The van der Waals surface area contributed by atoms with Crippen molar-refractivity contribution in [2.24, 2.45) is 0 Å². The van der Waals surface area contributed by atoms with Crippen molar-refractivity contribution in [3.63, 3.8) is 0 Å². The van der Waals surface area contributed by atoms with Crippen LogP contribution in [0, 0.1) is 0 Å². The van der Waals surface area contributed by atoms with Crippen LogP contribution in [0.25, 0.3) is 0 Å². The number of amides is 2. The molecule has 28 heavy (non-hydrogen) atoms. The van der Waals surface area contributed by atoms with E-state index >= 15 is 0 Å². The fourth-order valence-electron chi connectivity index (χ4n) is 3.99. The first-order valence-electron chi connectivity index (χ1n) is 9.80. The normalized spacial score (nSPS) is 19.4. The van der Waals surface area contributed by atoms with E-state index < -0.39 is 0 Å². The van der Waals surface area contributed by atoms with Crippen LogP contribution in [0.1, 0.15) is 29.2 Å². The highest BCUT2D eigenvalue weighted by molar-refractivity contribution is 6.30. The molecule has 2 heterocycles. The fraction of sp³-hybridized carbons (Fsp3) is 0.429. The van der Waals surface area contributed by atoms with Crippen molar-refractivity contribution >= 4 is 23.4 Å². The number of piperazine rings is 1. The van der Waals surface area contributed by atoms with E-state index in [1.54, 1.807) is 0 Å². The predicted octanol–water partition coefficient (Wildman–Crippen LogP) is 2.97. The van der Waals surface area contributed by atoms with Gasteiger partial charge in [0.15, 0.2) is 0 Å². The van der Waals surface area contributed by atoms with Crippen LogP contribution in [-0.4, -0.2) is 49.1 Å². The minimum Gasteiger partial charge on any atom is -0.354 e. The van der Waals surface area contributed by atoms with Crippen molar-refractivity contribution in [3.8, 4) is 0 Å². The second-order valence-electron chi connectivity index (χ2n) is 7.54. The monoisotopic (exact) mass is 399 g/mol. The second-order valence-corrected chi connectivity index (χ2v) is 7.97. The third-order valence-electron chi connectivity index (χ3n) is 5.60. The SMILES string of the molecule is CN1CCN(c2ncccc2CNC(=O)NC2CCc3cc(Cl)ccc32)CC1. The number of nitrogens with zero attached hydrogens (tertiary/aromatic N) is 3. The Kier molecular flexibility index (Phi) is 5.69. The molecule has 1 aromatic heterocycles. The molecule has 2 amide bonds. The summed E-state index contributed by atoms with van der Waals surface area (Å²) < 4.78 is 0. The Morgan fingerprint density at radius 3 is 2.89 bits per heavy atom. The summed E-state index contributed by atoms with van der Waals surface area (Å²) in [6.45, 7) is 4.41. The van der Waals surface area contributed by atoms with E-state index in [0.717, 1.165) is 55.4 Å². The van der Waals surface area contributed by atoms with Crippen LogP contribution in [0.15, 0.2) is 36.5 Å². The standard InChI is InChI=1S/C21H26ClN5O/c1-26-9-11-27(12-10-26)20-16(3-2-8-23-20)14-24-21(28)25-19-7-4-15-13-17(22)5-6-18(15)19/h2-3,5-6,8,13,19H,4,7,9-12,14H2,1H3,(H2,24,25,28). The molecule has 0 spiro atoms. The summed E-state index contributed by atoms with van der Waals surface area (Å²) >= 11 is 6.07. The first-order valence-corrected chi connectivity index (χ1v) is 10.2. The molecule has 1 unspecified atom stereocenters. The Hall–Kier alpha value is -2.31. The maximum absolute atomic E-state index is 12.5. The lowest BCUT2D eigenvalue weighted by Crippen LogP contribution is -2.45. The molecule has 2 N–H and O–H groups in total. The zero-order chi connectivity index (χ0) is 19.5. The number of halogens is 1. The van der Waals surface area contributed by atoms with Gasteiger partial charge < -0.3 is 20.4 Å². The van der Waals surface area contributed by atoms with Crippen LogP contribution in [0.4, 0.5) is 10.6 Å². The van der Waals surface area contributed by atoms with E-state index in [-0.39, 0.29) is 12.1 Å². The van der Waals surface area contributed by atoms with Gasteiger partial charge >= 0.3 is 6.03 Å². The molecular formula is C21H26ClN5O. The number of hydrogen-bond acceptors (Lipinski definition) is 4. The molecule has 148 valence electrons. The summed E-state index contributed by atoms with van der Waals surface area (Å²) in [7, 11) is 2.14. The average Bonchev–Trinajstić information content (AvgIpc) is 3.09. The number of nitrogens with one attached hydrogen (secondary N) is 2. The molecule has 1 aromatic carbocycles. The van der Waals surface area contributed by atoms with Gasteiger partial charge in [-0.25, -0.2) is 9.78 Å². The molecule has 4 rings (SSSR count). The summed E-state index contributed by atoms with van der Waals surface area (Å²) in [5.74, 6) is 0.969. The lowest BCUT2D eigenvalue weighted by molar-refractivity contribution is 0.236. The number of aromatic nitrogens is 1. The number of hydrogen-bond donors (Lipinski definition) is 2. The number of likely N-dealkylation sites (N-methyl/N-ethyl adjacent to an activating group) is 1. The van der Waals surface area contributed by atoms with Gasteiger partial charge in [-0.05, 0) is 49.2 Å². The highest BCUT2D eigenvalue weighted by atomic mass is 35.5. The van der Waals surface area contributed by atoms with Gasteiger partial charge in [0.2, 0.25) is 0 Å². The Balaban J connectivity index is 1.36. The van der Waals surface area contributed by atoms with Gasteiger partial charge in [-0.2, -0.15) is 0 Å². The highest BCUT2D eigenvalue weighted by Gasteiger charge is 2.24. The molecule has 1 aliphatic carbocycles. The van der Waals surface area contributed by atoms with Crippen LogP contribution in [0.2, 0.25) is 5.02 Å². The minimum absolute atomic E-state index is 0.0401. The molecule has 2 aliphatic rings. The first kappa shape index (κ1) is 19.0. The zero-order valence-corrected chi connectivity index (χ0v) is 16.9. The van der Waals surface area contributed by atoms with E-state index in [1.165, 1.54) is 11.1 Å². The van der Waals surface area contributed by atoms with Crippen molar-refractivity contribution in [1.82, 2.24) is 20.5 Å². The number of pyridine rings is 1. The fourth-order valence-corrected chi connectivity index (χ4v) is 4.19. The molecule has 2 aromatic rings. The lowest BCUT2D eigenvalue weighted by atomic mass is 10.1. The number of anilines is 1. The van der Waals surface area contributed by atoms with Gasteiger partial charge in [0.25, 0.3) is 0 Å². The number of carbonyl (C=O) groups excluding carboxylic acids is 1. The van der Waals surface area contributed by atoms with Crippen LogP contribution in [0.5, 0.6) is 0 Å². The van der Waals surface area contributed by atoms with E-state index in [1.807, 2.05) is 36.5 Å². The lowest BCUT2D eigenvalue weighted by Gasteiger charge is -2.34. The Morgan fingerprint density at radius 1 is 1.25 bits per heavy atom. The molecule has 0 saturated carbocycles. The van der Waals surface area contributed by atoms with Crippen LogP contribution < -0.4 is 15.5 Å². The molecule has 1 aliphatic heterocycles.